The van der Waals surface area contributed by atoms with Crippen LogP contribution < -0.4 is 0 Å². The Kier molecular flexibility index (Phi) is 4.07. The molecule has 1 saturated carbocycles. The van der Waals surface area contributed by atoms with Gasteiger partial charge in [-0.1, -0.05) is 24.8 Å². The van der Waals surface area contributed by atoms with E-state index in [4.69, 9.17) is 4.74 Å². The summed E-state index contributed by atoms with van der Waals surface area (Å²) >= 11 is 1.62. The van der Waals surface area contributed by atoms with Crippen molar-refractivity contribution in [2.24, 2.45) is 0 Å². The Morgan fingerprint density at radius 2 is 1.96 bits per heavy atom. The molecule has 0 amide bonds. The van der Waals surface area contributed by atoms with E-state index in [1.54, 1.807) is 17.8 Å². The molecule has 26 heavy (non-hydrogen) atoms. The lowest BCUT2D eigenvalue weighted by Crippen LogP contribution is -2.04. The zero-order valence-electron chi connectivity index (χ0n) is 15.5. The number of hydrogen-bond acceptors (Lipinski definition) is 4. The van der Waals surface area contributed by atoms with Gasteiger partial charge in [-0.05, 0) is 62.1 Å². The van der Waals surface area contributed by atoms with Crippen LogP contribution in [0, 0.1) is 13.8 Å². The Hall–Kier alpha value is -2.27. The second-order valence-electron chi connectivity index (χ2n) is 7.33. The quantitative estimate of drug-likeness (QED) is 0.647. The summed E-state index contributed by atoms with van der Waals surface area (Å²) in [5.74, 6) is -0.410. The summed E-state index contributed by atoms with van der Waals surface area (Å²) in [6.07, 6.45) is 2.39. The third-order valence-electron chi connectivity index (χ3n) is 5.29. The number of ether oxygens (including phenoxy) is 1. The molecular formula is C21H22N2O2S. The number of nitrogens with zero attached hydrogens (tertiary/aromatic N) is 1. The molecule has 0 unspecified atom stereocenters. The molecule has 2 heterocycles. The molecule has 1 aromatic carbocycles. The number of aromatic amines is 1. The first kappa shape index (κ1) is 17.2. The normalized spacial score (nSPS) is 15.2. The minimum atomic E-state index is -0.410. The number of aryl methyl sites for hydroxylation is 2. The van der Waals surface area contributed by atoms with Crippen LogP contribution >= 0.6 is 11.8 Å². The second-order valence-corrected chi connectivity index (χ2v) is 8.36. The Balaban J connectivity index is 1.83. The molecule has 0 radical (unpaired) electrons. The van der Waals surface area contributed by atoms with E-state index in [-0.39, 0.29) is 5.41 Å². The molecule has 3 aromatic rings. The van der Waals surface area contributed by atoms with Gasteiger partial charge in [0, 0.05) is 26.9 Å². The van der Waals surface area contributed by atoms with Crippen molar-refractivity contribution in [2.45, 2.75) is 48.9 Å². The number of H-pyrrole nitrogens is 1. The smallest absolute Gasteiger partial charge is 0.356 e. The number of carbonyl (C=O) groups is 1. The molecule has 1 aliphatic carbocycles. The SMILES string of the molecule is COC(=O)c1cccc(Sc2c(C3(C)CC3)[nH]c3cc(C)c(C)cc23)n1. The molecule has 0 atom stereocenters. The molecule has 0 saturated heterocycles. The number of rotatable bonds is 4. The fraction of sp³-hybridized carbons (Fsp3) is 0.333. The van der Waals surface area contributed by atoms with Crippen molar-refractivity contribution < 1.29 is 9.53 Å². The van der Waals surface area contributed by atoms with Crippen LogP contribution in [-0.2, 0) is 10.2 Å². The average molecular weight is 366 g/mol. The van der Waals surface area contributed by atoms with Gasteiger partial charge in [0.05, 0.1) is 7.11 Å². The predicted octanol–water partition coefficient (Wildman–Crippen LogP) is 5.17. The van der Waals surface area contributed by atoms with Crippen molar-refractivity contribution in [1.82, 2.24) is 9.97 Å². The number of nitrogens with one attached hydrogen (secondary N) is 1. The van der Waals surface area contributed by atoms with Crippen molar-refractivity contribution in [2.75, 3.05) is 7.11 Å². The van der Waals surface area contributed by atoms with Crippen molar-refractivity contribution in [1.29, 1.82) is 0 Å². The van der Waals surface area contributed by atoms with Gasteiger partial charge in [-0.3, -0.25) is 0 Å². The van der Waals surface area contributed by atoms with Gasteiger partial charge in [0.15, 0.2) is 0 Å². The number of methoxy groups -OCH3 is 1. The van der Waals surface area contributed by atoms with Gasteiger partial charge < -0.3 is 9.72 Å². The minimum Gasteiger partial charge on any atom is -0.464 e. The first-order chi connectivity index (χ1) is 12.4. The fourth-order valence-electron chi connectivity index (χ4n) is 3.20. The van der Waals surface area contributed by atoms with Gasteiger partial charge in [0.2, 0.25) is 0 Å². The number of carbonyl (C=O) groups excluding carboxylic acids is 1. The average Bonchev–Trinajstić information content (AvgIpc) is 3.29. The van der Waals surface area contributed by atoms with E-state index >= 15 is 0 Å². The number of hydrogen-bond donors (Lipinski definition) is 1. The molecule has 0 spiro atoms. The molecule has 134 valence electrons. The van der Waals surface area contributed by atoms with Crippen molar-refractivity contribution in [3.63, 3.8) is 0 Å². The second kappa shape index (κ2) is 6.16. The van der Waals surface area contributed by atoms with Gasteiger partial charge >= 0.3 is 5.97 Å². The lowest BCUT2D eigenvalue weighted by molar-refractivity contribution is 0.0593. The standard InChI is InChI=1S/C21H22N2O2S/c1-12-10-14-16(11-13(12)2)23-19(21(3)8-9-21)18(14)26-17-7-5-6-15(22-17)20(24)25-4/h5-7,10-11,23H,8-9H2,1-4H3. The molecule has 0 aliphatic heterocycles. The monoisotopic (exact) mass is 366 g/mol. The van der Waals surface area contributed by atoms with Crippen molar-refractivity contribution >= 4 is 28.6 Å². The van der Waals surface area contributed by atoms with Crippen molar-refractivity contribution in [3.05, 3.63) is 52.8 Å². The third kappa shape index (κ3) is 2.90. The summed E-state index contributed by atoms with van der Waals surface area (Å²) in [7, 11) is 1.38. The van der Waals surface area contributed by atoms with Crippen LogP contribution in [0.15, 0.2) is 40.3 Å². The summed E-state index contributed by atoms with van der Waals surface area (Å²) in [4.78, 5) is 21.2. The number of esters is 1. The van der Waals surface area contributed by atoms with Crippen LogP contribution in [0.3, 0.4) is 0 Å². The van der Waals surface area contributed by atoms with Gasteiger partial charge in [-0.2, -0.15) is 0 Å². The summed E-state index contributed by atoms with van der Waals surface area (Å²) in [6, 6.07) is 9.95. The largest absolute Gasteiger partial charge is 0.464 e. The van der Waals surface area contributed by atoms with E-state index in [2.05, 4.69) is 42.9 Å². The molecule has 1 aliphatic rings. The predicted molar refractivity (Wildman–Crippen MR) is 104 cm³/mol. The Morgan fingerprint density at radius 1 is 1.23 bits per heavy atom. The molecule has 1 N–H and O–H groups in total. The van der Waals surface area contributed by atoms with Crippen LogP contribution in [0.25, 0.3) is 10.9 Å². The van der Waals surface area contributed by atoms with Gasteiger partial charge in [-0.25, -0.2) is 9.78 Å². The molecule has 0 bridgehead atoms. The summed E-state index contributed by atoms with van der Waals surface area (Å²) < 4.78 is 4.80. The van der Waals surface area contributed by atoms with Crippen LogP contribution in [0.5, 0.6) is 0 Å². The highest BCUT2D eigenvalue weighted by Crippen LogP contribution is 2.52. The molecule has 4 nitrogen and oxygen atoms in total. The number of aromatic nitrogens is 2. The topological polar surface area (TPSA) is 55.0 Å². The lowest BCUT2D eigenvalue weighted by atomic mass is 10.0. The van der Waals surface area contributed by atoms with Crippen LogP contribution in [-0.4, -0.2) is 23.0 Å². The first-order valence-electron chi connectivity index (χ1n) is 8.78. The van der Waals surface area contributed by atoms with Gasteiger partial charge in [0.25, 0.3) is 0 Å². The number of fused-ring (bicyclic) bond motifs is 1. The van der Waals surface area contributed by atoms with Gasteiger partial charge in [-0.15, -0.1) is 0 Å². The Morgan fingerprint density at radius 3 is 2.65 bits per heavy atom. The summed E-state index contributed by atoms with van der Waals surface area (Å²) in [5.41, 5.74) is 5.57. The van der Waals surface area contributed by atoms with Crippen LogP contribution in [0.2, 0.25) is 0 Å². The fourth-order valence-corrected chi connectivity index (χ4v) is 4.37. The third-order valence-corrected chi connectivity index (χ3v) is 6.36. The Labute approximate surface area is 157 Å². The van der Waals surface area contributed by atoms with E-state index in [9.17, 15) is 4.79 Å². The van der Waals surface area contributed by atoms with E-state index in [0.717, 1.165) is 5.03 Å². The molecule has 1 fully saturated rings. The maximum atomic E-state index is 11.8. The van der Waals surface area contributed by atoms with E-state index in [1.165, 1.54) is 52.6 Å². The van der Waals surface area contributed by atoms with Crippen LogP contribution in [0.1, 0.15) is 47.1 Å². The zero-order valence-corrected chi connectivity index (χ0v) is 16.3. The minimum absolute atomic E-state index is 0.211. The Bertz CT molecular complexity index is 1020. The number of benzene rings is 1. The summed E-state index contributed by atoms with van der Waals surface area (Å²) in [5, 5.41) is 2.03. The highest BCUT2D eigenvalue weighted by Gasteiger charge is 2.42. The van der Waals surface area contributed by atoms with Gasteiger partial charge in [0.1, 0.15) is 10.7 Å². The molecule has 5 heteroatoms. The highest BCUT2D eigenvalue weighted by molar-refractivity contribution is 7.99. The van der Waals surface area contributed by atoms with E-state index in [0.29, 0.717) is 5.69 Å². The lowest BCUT2D eigenvalue weighted by Gasteiger charge is -2.10. The summed E-state index contributed by atoms with van der Waals surface area (Å²) in [6.45, 7) is 6.59. The first-order valence-corrected chi connectivity index (χ1v) is 9.59. The zero-order chi connectivity index (χ0) is 18.5. The highest BCUT2D eigenvalue weighted by atomic mass is 32.2. The van der Waals surface area contributed by atoms with Crippen molar-refractivity contribution in [3.8, 4) is 0 Å². The molecule has 4 rings (SSSR count). The maximum Gasteiger partial charge on any atom is 0.356 e. The van der Waals surface area contributed by atoms with E-state index < -0.39 is 5.97 Å². The number of pyridine rings is 1. The maximum absolute atomic E-state index is 11.8. The molecular weight excluding hydrogens is 344 g/mol. The molecule has 2 aromatic heterocycles. The van der Waals surface area contributed by atoms with Crippen LogP contribution in [0.4, 0.5) is 0 Å². The van der Waals surface area contributed by atoms with E-state index in [1.807, 2.05) is 12.1 Å².